The van der Waals surface area contributed by atoms with E-state index in [1.165, 1.54) is 6.07 Å². The van der Waals surface area contributed by atoms with Crippen LogP contribution in [0, 0.1) is 17.1 Å². The van der Waals surface area contributed by atoms with Crippen molar-refractivity contribution in [2.75, 3.05) is 0 Å². The zero-order chi connectivity index (χ0) is 10.7. The molecular formula is C8H3F3N2O. The molecule has 0 amide bonds. The van der Waals surface area contributed by atoms with Crippen LogP contribution in [0.2, 0.25) is 0 Å². The van der Waals surface area contributed by atoms with Crippen LogP contribution in [0.5, 0.6) is 0 Å². The van der Waals surface area contributed by atoms with Crippen LogP contribution in [0.25, 0.3) is 0 Å². The second-order valence-corrected chi connectivity index (χ2v) is 2.33. The molecule has 3 nitrogen and oxygen atoms in total. The summed E-state index contributed by atoms with van der Waals surface area (Å²) in [4.78, 5) is 13.3. The fourth-order valence-corrected chi connectivity index (χ4v) is 0.841. The number of carbonyl (C=O) groups excluding carboxylic acids is 1. The minimum Gasteiger partial charge on any atom is -0.298 e. The standard InChI is InChI=1S/C8H3F3N2O/c9-7-4(3-14)1-5(8(10)11)13-6(7)2-12/h1,3,8H. The van der Waals surface area contributed by atoms with Gasteiger partial charge in [-0.3, -0.25) is 4.79 Å². The Kier molecular flexibility index (Phi) is 2.82. The maximum atomic E-state index is 13.0. The zero-order valence-corrected chi connectivity index (χ0v) is 6.67. The van der Waals surface area contributed by atoms with E-state index in [9.17, 15) is 18.0 Å². The highest BCUT2D eigenvalue weighted by Crippen LogP contribution is 2.19. The van der Waals surface area contributed by atoms with Gasteiger partial charge in [0.25, 0.3) is 6.43 Å². The van der Waals surface area contributed by atoms with Crippen LogP contribution in [0.15, 0.2) is 6.07 Å². The minimum atomic E-state index is -2.94. The van der Waals surface area contributed by atoms with Crippen molar-refractivity contribution < 1.29 is 18.0 Å². The summed E-state index contributed by atoms with van der Waals surface area (Å²) >= 11 is 0. The van der Waals surface area contributed by atoms with Crippen molar-refractivity contribution in [1.29, 1.82) is 5.26 Å². The average molecular weight is 200 g/mol. The summed E-state index contributed by atoms with van der Waals surface area (Å²) in [5, 5.41) is 8.33. The second kappa shape index (κ2) is 3.87. The summed E-state index contributed by atoms with van der Waals surface area (Å²) in [7, 11) is 0. The molecule has 72 valence electrons. The van der Waals surface area contributed by atoms with Crippen LogP contribution >= 0.6 is 0 Å². The van der Waals surface area contributed by atoms with Crippen LogP contribution in [-0.4, -0.2) is 11.3 Å². The highest BCUT2D eigenvalue weighted by Gasteiger charge is 2.16. The van der Waals surface area contributed by atoms with Gasteiger partial charge in [0.2, 0.25) is 0 Å². The Labute approximate surface area is 76.8 Å². The van der Waals surface area contributed by atoms with Gasteiger partial charge in [0.05, 0.1) is 5.56 Å². The van der Waals surface area contributed by atoms with Crippen molar-refractivity contribution >= 4 is 6.29 Å². The Morgan fingerprint density at radius 2 is 2.21 bits per heavy atom. The van der Waals surface area contributed by atoms with E-state index in [-0.39, 0.29) is 6.29 Å². The molecule has 0 unspecified atom stereocenters. The summed E-state index contributed by atoms with van der Waals surface area (Å²) in [6, 6.07) is 1.91. The average Bonchev–Trinajstić information content (AvgIpc) is 2.17. The first-order chi connectivity index (χ1) is 6.60. The second-order valence-electron chi connectivity index (χ2n) is 2.33. The number of hydrogen-bond donors (Lipinski definition) is 0. The zero-order valence-electron chi connectivity index (χ0n) is 6.67. The predicted octanol–water partition coefficient (Wildman–Crippen LogP) is 1.84. The number of aromatic nitrogens is 1. The van der Waals surface area contributed by atoms with E-state index in [0.29, 0.717) is 6.07 Å². The van der Waals surface area contributed by atoms with Crippen molar-refractivity contribution in [3.05, 3.63) is 28.8 Å². The molecule has 0 aliphatic carbocycles. The third kappa shape index (κ3) is 1.71. The van der Waals surface area contributed by atoms with Gasteiger partial charge in [-0.1, -0.05) is 0 Å². The van der Waals surface area contributed by atoms with Crippen molar-refractivity contribution in [3.8, 4) is 6.07 Å². The van der Waals surface area contributed by atoms with Crippen molar-refractivity contribution in [2.24, 2.45) is 0 Å². The molecule has 6 heteroatoms. The Balaban J connectivity index is 3.41. The van der Waals surface area contributed by atoms with Gasteiger partial charge in [-0.15, -0.1) is 0 Å². The third-order valence-electron chi connectivity index (χ3n) is 1.46. The normalized spacial score (nSPS) is 9.93. The lowest BCUT2D eigenvalue weighted by Crippen LogP contribution is -2.01. The van der Waals surface area contributed by atoms with E-state index in [4.69, 9.17) is 5.26 Å². The van der Waals surface area contributed by atoms with Gasteiger partial charge in [0.1, 0.15) is 11.8 Å². The van der Waals surface area contributed by atoms with Gasteiger partial charge in [0.15, 0.2) is 17.8 Å². The van der Waals surface area contributed by atoms with Gasteiger partial charge in [-0.2, -0.15) is 5.26 Å². The fraction of sp³-hybridized carbons (Fsp3) is 0.125. The molecule has 1 rings (SSSR count). The number of nitrogens with zero attached hydrogens (tertiary/aromatic N) is 2. The summed E-state index contributed by atoms with van der Waals surface area (Å²) in [5.74, 6) is -1.17. The van der Waals surface area contributed by atoms with Crippen LogP contribution < -0.4 is 0 Å². The number of hydrogen-bond acceptors (Lipinski definition) is 3. The van der Waals surface area contributed by atoms with E-state index in [1.54, 1.807) is 0 Å². The summed E-state index contributed by atoms with van der Waals surface area (Å²) in [6.07, 6.45) is -2.88. The van der Waals surface area contributed by atoms with Crippen molar-refractivity contribution in [1.82, 2.24) is 4.98 Å². The van der Waals surface area contributed by atoms with E-state index in [1.807, 2.05) is 0 Å². The molecular weight excluding hydrogens is 197 g/mol. The molecule has 0 aliphatic rings. The number of alkyl halides is 2. The first-order valence-electron chi connectivity index (χ1n) is 3.44. The lowest BCUT2D eigenvalue weighted by molar-refractivity contribution is 0.111. The molecule has 1 aromatic rings. The molecule has 1 heterocycles. The largest absolute Gasteiger partial charge is 0.298 e. The van der Waals surface area contributed by atoms with Gasteiger partial charge in [-0.05, 0) is 6.07 Å². The molecule has 14 heavy (non-hydrogen) atoms. The minimum absolute atomic E-state index is 0.0593. The molecule has 0 saturated carbocycles. The van der Waals surface area contributed by atoms with E-state index in [2.05, 4.69) is 4.98 Å². The Hall–Kier alpha value is -1.90. The van der Waals surface area contributed by atoms with Gasteiger partial charge >= 0.3 is 0 Å². The summed E-state index contributed by atoms with van der Waals surface area (Å²) in [5.41, 5.74) is -2.18. The lowest BCUT2D eigenvalue weighted by atomic mass is 10.2. The highest BCUT2D eigenvalue weighted by molar-refractivity contribution is 5.76. The number of aldehydes is 1. The Bertz CT molecular complexity index is 412. The van der Waals surface area contributed by atoms with Crippen molar-refractivity contribution in [2.45, 2.75) is 6.43 Å². The molecule has 0 aliphatic heterocycles. The van der Waals surface area contributed by atoms with Crippen LogP contribution in [0.4, 0.5) is 13.2 Å². The summed E-state index contributed by atoms with van der Waals surface area (Å²) in [6.45, 7) is 0. The maximum absolute atomic E-state index is 13.0. The predicted molar refractivity (Wildman–Crippen MR) is 39.3 cm³/mol. The smallest absolute Gasteiger partial charge is 0.280 e. The molecule has 0 spiro atoms. The van der Waals surface area contributed by atoms with Crippen LogP contribution in [-0.2, 0) is 0 Å². The molecule has 0 atom stereocenters. The molecule has 0 radical (unpaired) electrons. The lowest BCUT2D eigenvalue weighted by Gasteiger charge is -2.01. The number of pyridine rings is 1. The topological polar surface area (TPSA) is 53.8 Å². The maximum Gasteiger partial charge on any atom is 0.280 e. The molecule has 0 fully saturated rings. The van der Waals surface area contributed by atoms with Gasteiger partial charge in [-0.25, -0.2) is 18.2 Å². The van der Waals surface area contributed by atoms with Gasteiger partial charge in [0, 0.05) is 0 Å². The SMILES string of the molecule is N#Cc1nc(C(F)F)cc(C=O)c1F. The molecule has 0 N–H and O–H groups in total. The first-order valence-corrected chi connectivity index (χ1v) is 3.44. The number of rotatable bonds is 2. The van der Waals surface area contributed by atoms with Gasteiger partial charge < -0.3 is 0 Å². The van der Waals surface area contributed by atoms with Crippen LogP contribution in [0.3, 0.4) is 0 Å². The Morgan fingerprint density at radius 3 is 2.64 bits per heavy atom. The van der Waals surface area contributed by atoms with E-state index in [0.717, 1.165) is 0 Å². The quantitative estimate of drug-likeness (QED) is 0.684. The Morgan fingerprint density at radius 1 is 1.57 bits per heavy atom. The molecule has 0 saturated heterocycles. The number of nitriles is 1. The fourth-order valence-electron chi connectivity index (χ4n) is 0.841. The van der Waals surface area contributed by atoms with E-state index >= 15 is 0 Å². The first kappa shape index (κ1) is 10.2. The van der Waals surface area contributed by atoms with Crippen molar-refractivity contribution in [3.63, 3.8) is 0 Å². The molecule has 0 bridgehead atoms. The molecule has 0 aromatic carbocycles. The monoisotopic (exact) mass is 200 g/mol. The number of halogens is 3. The highest BCUT2D eigenvalue weighted by atomic mass is 19.3. The summed E-state index contributed by atoms with van der Waals surface area (Å²) < 4.78 is 37.2. The third-order valence-corrected chi connectivity index (χ3v) is 1.46. The molecule has 1 aromatic heterocycles. The van der Waals surface area contributed by atoms with E-state index < -0.39 is 29.2 Å². The number of carbonyl (C=O) groups is 1. The van der Waals surface area contributed by atoms with Crippen LogP contribution in [0.1, 0.15) is 28.2 Å².